The van der Waals surface area contributed by atoms with Gasteiger partial charge in [0, 0.05) is 5.69 Å². The number of benzene rings is 1. The zero-order chi connectivity index (χ0) is 11.2. The molecule has 4 fully saturated rings. The van der Waals surface area contributed by atoms with Gasteiger partial charge in [-0.05, 0) is 12.1 Å². The van der Waals surface area contributed by atoms with E-state index < -0.39 is 0 Å². The van der Waals surface area contributed by atoms with Crippen molar-refractivity contribution in [3.8, 4) is 0 Å². The highest BCUT2D eigenvalue weighted by atomic mass is 15.7. The third-order valence-corrected chi connectivity index (χ3v) is 3.69. The largest absolute Gasteiger partial charge is 0.357 e. The van der Waals surface area contributed by atoms with Crippen LogP contribution in [0, 0.1) is 0 Å². The van der Waals surface area contributed by atoms with Crippen LogP contribution >= 0.6 is 0 Å². The van der Waals surface area contributed by atoms with Gasteiger partial charge in [0.25, 0.3) is 0 Å². The van der Waals surface area contributed by atoms with Gasteiger partial charge in [-0.1, -0.05) is 18.2 Å². The molecule has 4 heterocycles. The topological polar surface area (TPSA) is 25.0 Å². The van der Waals surface area contributed by atoms with Crippen molar-refractivity contribution in [2.75, 3.05) is 38.7 Å². The second kappa shape index (κ2) is 3.68. The summed E-state index contributed by atoms with van der Waals surface area (Å²) in [6.07, 6.45) is 0.352. The Morgan fingerprint density at radius 2 is 1.41 bits per heavy atom. The van der Waals surface area contributed by atoms with Crippen LogP contribution in [-0.4, -0.2) is 59.2 Å². The minimum absolute atomic E-state index is 0.352. The maximum atomic E-state index is 3.62. The minimum Gasteiger partial charge on any atom is -0.357 e. The monoisotopic (exact) mass is 231 g/mol. The van der Waals surface area contributed by atoms with Crippen LogP contribution < -0.4 is 5.32 Å². The van der Waals surface area contributed by atoms with Crippen LogP contribution in [0.4, 0.5) is 5.69 Å². The molecule has 4 bridgehead atoms. The van der Waals surface area contributed by atoms with E-state index in [2.05, 4.69) is 55.2 Å². The third kappa shape index (κ3) is 1.63. The molecule has 90 valence electrons. The molecule has 4 aliphatic rings. The van der Waals surface area contributed by atoms with Gasteiger partial charge in [0.15, 0.2) is 0 Å². The van der Waals surface area contributed by atoms with Crippen molar-refractivity contribution in [1.29, 1.82) is 0 Å². The first-order chi connectivity index (χ1) is 8.38. The average molecular weight is 231 g/mol. The Balaban J connectivity index is 1.55. The maximum absolute atomic E-state index is 3.62. The van der Waals surface area contributed by atoms with Crippen molar-refractivity contribution in [2.24, 2.45) is 0 Å². The number of nitrogens with one attached hydrogen (secondary N) is 1. The van der Waals surface area contributed by atoms with Crippen LogP contribution in [0.1, 0.15) is 0 Å². The summed E-state index contributed by atoms with van der Waals surface area (Å²) in [5.74, 6) is 0. The molecule has 17 heavy (non-hydrogen) atoms. The minimum atomic E-state index is 0.352. The van der Waals surface area contributed by atoms with E-state index in [1.54, 1.807) is 0 Å². The number of rotatable bonds is 2. The van der Waals surface area contributed by atoms with Gasteiger partial charge in [-0.2, -0.15) is 0 Å². The number of para-hydroxylation sites is 1. The van der Waals surface area contributed by atoms with Gasteiger partial charge < -0.3 is 5.32 Å². The molecule has 4 saturated heterocycles. The van der Waals surface area contributed by atoms with Crippen molar-refractivity contribution >= 4 is 5.69 Å². The fraction of sp³-hybridized carbons (Fsp3) is 0.500. The van der Waals surface area contributed by atoms with Gasteiger partial charge in [-0.3, -0.25) is 9.80 Å². The molecule has 1 aromatic carbocycles. The third-order valence-electron chi connectivity index (χ3n) is 3.69. The lowest BCUT2D eigenvalue weighted by Crippen LogP contribution is -2.77. The highest BCUT2D eigenvalue weighted by molar-refractivity contribution is 5.43. The predicted octanol–water partition coefficient (Wildman–Crippen LogP) is 0.418. The van der Waals surface area contributed by atoms with Gasteiger partial charge in [0.05, 0.1) is 33.3 Å². The standard InChI is InChI=1S/C12H17N5/c1-2-4-11(5-3-1)13-12-16-7-14-6-15(9-16)10-17(12)8-14/h1-5,12-13H,6-10H2. The molecule has 0 atom stereocenters. The van der Waals surface area contributed by atoms with Crippen LogP contribution in [-0.2, 0) is 0 Å². The predicted molar refractivity (Wildman–Crippen MR) is 65.5 cm³/mol. The van der Waals surface area contributed by atoms with E-state index in [-0.39, 0.29) is 0 Å². The molecule has 5 heteroatoms. The van der Waals surface area contributed by atoms with E-state index in [9.17, 15) is 0 Å². The van der Waals surface area contributed by atoms with Crippen LogP contribution in [0.15, 0.2) is 30.3 Å². The van der Waals surface area contributed by atoms with Crippen LogP contribution in [0.2, 0.25) is 0 Å². The summed E-state index contributed by atoms with van der Waals surface area (Å²) in [7, 11) is 0. The molecule has 0 saturated carbocycles. The molecule has 4 aliphatic heterocycles. The van der Waals surface area contributed by atoms with Gasteiger partial charge in [0.1, 0.15) is 6.29 Å². The first-order valence-electron chi connectivity index (χ1n) is 6.13. The highest BCUT2D eigenvalue weighted by Crippen LogP contribution is 2.26. The van der Waals surface area contributed by atoms with Crippen molar-refractivity contribution in [2.45, 2.75) is 6.29 Å². The summed E-state index contributed by atoms with van der Waals surface area (Å²) < 4.78 is 0. The Hall–Kier alpha value is -1.14. The zero-order valence-corrected chi connectivity index (χ0v) is 9.79. The lowest BCUT2D eigenvalue weighted by molar-refractivity contribution is -0.223. The molecule has 0 radical (unpaired) electrons. The number of nitrogens with zero attached hydrogens (tertiary/aromatic N) is 4. The fourth-order valence-electron chi connectivity index (χ4n) is 3.07. The molecule has 0 unspecified atom stereocenters. The van der Waals surface area contributed by atoms with Crippen LogP contribution in [0.3, 0.4) is 0 Å². The van der Waals surface area contributed by atoms with Gasteiger partial charge in [0.2, 0.25) is 0 Å². The average Bonchev–Trinajstić information content (AvgIpc) is 2.34. The smallest absolute Gasteiger partial charge is 0.141 e. The Morgan fingerprint density at radius 1 is 0.824 bits per heavy atom. The van der Waals surface area contributed by atoms with Gasteiger partial charge in [-0.25, -0.2) is 9.80 Å². The first-order valence-corrected chi connectivity index (χ1v) is 6.13. The van der Waals surface area contributed by atoms with Gasteiger partial charge >= 0.3 is 0 Å². The van der Waals surface area contributed by atoms with E-state index in [4.69, 9.17) is 0 Å². The Bertz CT molecular complexity index is 379. The summed E-state index contributed by atoms with van der Waals surface area (Å²) in [6.45, 7) is 5.45. The molecule has 5 nitrogen and oxygen atoms in total. The van der Waals surface area contributed by atoms with E-state index in [1.165, 1.54) is 5.69 Å². The lowest BCUT2D eigenvalue weighted by Gasteiger charge is -2.60. The molecule has 1 aromatic rings. The summed E-state index contributed by atoms with van der Waals surface area (Å²) in [5.41, 5.74) is 1.20. The summed E-state index contributed by atoms with van der Waals surface area (Å²) >= 11 is 0. The van der Waals surface area contributed by atoms with E-state index >= 15 is 0 Å². The molecule has 0 amide bonds. The molecule has 1 N–H and O–H groups in total. The SMILES string of the molecule is c1ccc(NC2N3CN4CN(C3)CN2C4)cc1. The van der Waals surface area contributed by atoms with E-state index in [0.29, 0.717) is 6.29 Å². The molecular formula is C12H17N5. The van der Waals surface area contributed by atoms with E-state index in [1.807, 2.05) is 0 Å². The first kappa shape index (κ1) is 9.85. The van der Waals surface area contributed by atoms with Crippen LogP contribution in [0.25, 0.3) is 0 Å². The molecule has 0 aromatic heterocycles. The summed E-state index contributed by atoms with van der Waals surface area (Å²) in [4.78, 5) is 9.89. The number of anilines is 1. The van der Waals surface area contributed by atoms with Crippen molar-refractivity contribution < 1.29 is 0 Å². The number of hydrogen-bond donors (Lipinski definition) is 1. The lowest BCUT2D eigenvalue weighted by atomic mass is 10.3. The summed E-state index contributed by atoms with van der Waals surface area (Å²) in [6, 6.07) is 10.5. The number of hydrogen-bond acceptors (Lipinski definition) is 5. The Morgan fingerprint density at radius 3 is 2.00 bits per heavy atom. The normalized spacial score (nSPS) is 42.7. The van der Waals surface area contributed by atoms with E-state index in [0.717, 1.165) is 33.3 Å². The Kier molecular flexibility index (Phi) is 2.13. The maximum Gasteiger partial charge on any atom is 0.141 e. The molecular weight excluding hydrogens is 214 g/mol. The highest BCUT2D eigenvalue weighted by Gasteiger charge is 2.43. The summed E-state index contributed by atoms with van der Waals surface area (Å²) in [5, 5.41) is 3.62. The Labute approximate surface area is 101 Å². The van der Waals surface area contributed by atoms with Crippen molar-refractivity contribution in [1.82, 2.24) is 19.6 Å². The molecule has 5 rings (SSSR count). The second-order valence-corrected chi connectivity index (χ2v) is 5.11. The van der Waals surface area contributed by atoms with Crippen molar-refractivity contribution in [3.05, 3.63) is 30.3 Å². The fourth-order valence-corrected chi connectivity index (χ4v) is 3.07. The zero-order valence-electron chi connectivity index (χ0n) is 9.79. The second-order valence-electron chi connectivity index (χ2n) is 5.11. The van der Waals surface area contributed by atoms with Gasteiger partial charge in [-0.15, -0.1) is 0 Å². The molecule has 0 aliphatic carbocycles. The molecule has 0 spiro atoms. The quantitative estimate of drug-likeness (QED) is 0.795. The van der Waals surface area contributed by atoms with Crippen molar-refractivity contribution in [3.63, 3.8) is 0 Å². The van der Waals surface area contributed by atoms with Crippen LogP contribution in [0.5, 0.6) is 0 Å².